The molecule has 96 valence electrons. The number of hydrogen-bond donors (Lipinski definition) is 3. The maximum absolute atomic E-state index is 9.63. The van der Waals surface area contributed by atoms with E-state index in [1.165, 1.54) is 5.57 Å². The van der Waals surface area contributed by atoms with Crippen molar-refractivity contribution < 1.29 is 15.3 Å². The molecule has 3 heteroatoms. The van der Waals surface area contributed by atoms with Crippen molar-refractivity contribution >= 4 is 0 Å². The van der Waals surface area contributed by atoms with Crippen LogP contribution in [0.15, 0.2) is 11.6 Å². The molecule has 0 bridgehead atoms. The molecule has 3 N–H and O–H groups in total. The van der Waals surface area contributed by atoms with Crippen molar-refractivity contribution in [3.63, 3.8) is 0 Å². The van der Waals surface area contributed by atoms with Crippen molar-refractivity contribution in [3.8, 4) is 0 Å². The molecule has 0 aromatic heterocycles. The largest absolute Gasteiger partial charge is 0.393 e. The molecule has 0 rings (SSSR count). The second kappa shape index (κ2) is 7.05. The van der Waals surface area contributed by atoms with Gasteiger partial charge in [0, 0.05) is 0 Å². The molecule has 0 saturated carbocycles. The Morgan fingerprint density at radius 3 is 2.25 bits per heavy atom. The Bertz CT molecular complexity index is 214. The van der Waals surface area contributed by atoms with Gasteiger partial charge in [0.2, 0.25) is 0 Å². The van der Waals surface area contributed by atoms with Gasteiger partial charge in [-0.3, -0.25) is 0 Å². The molecule has 0 aliphatic heterocycles. The molecule has 2 unspecified atom stereocenters. The third kappa shape index (κ3) is 7.85. The van der Waals surface area contributed by atoms with E-state index in [0.717, 1.165) is 19.3 Å². The van der Waals surface area contributed by atoms with Crippen LogP contribution in [0.25, 0.3) is 0 Å². The summed E-state index contributed by atoms with van der Waals surface area (Å²) in [5.41, 5.74) is 0.170. The van der Waals surface area contributed by atoms with Crippen LogP contribution in [0, 0.1) is 0 Å². The standard InChI is InChI=1S/C13H26O3/c1-10(6-5-7-11(2)14)8-9-12(15)13(3,4)16/h6,11-12,14-16H,5,7-9H2,1-4H3/b10-6-. The minimum atomic E-state index is -1.03. The summed E-state index contributed by atoms with van der Waals surface area (Å²) < 4.78 is 0. The maximum atomic E-state index is 9.63. The van der Waals surface area contributed by atoms with Crippen molar-refractivity contribution in [2.45, 2.75) is 71.2 Å². The number of allylic oxidation sites excluding steroid dienone is 2. The monoisotopic (exact) mass is 230 g/mol. The van der Waals surface area contributed by atoms with Gasteiger partial charge in [0.05, 0.1) is 17.8 Å². The smallest absolute Gasteiger partial charge is 0.0849 e. The van der Waals surface area contributed by atoms with E-state index in [2.05, 4.69) is 6.08 Å². The Labute approximate surface area is 98.8 Å². The molecular formula is C13H26O3. The number of aliphatic hydroxyl groups is 3. The van der Waals surface area contributed by atoms with Crippen molar-refractivity contribution in [1.29, 1.82) is 0 Å². The van der Waals surface area contributed by atoms with Gasteiger partial charge in [-0.15, -0.1) is 0 Å². The van der Waals surface area contributed by atoms with Crippen LogP contribution in [0.3, 0.4) is 0 Å². The van der Waals surface area contributed by atoms with E-state index < -0.39 is 11.7 Å². The Kier molecular flexibility index (Phi) is 6.88. The van der Waals surface area contributed by atoms with E-state index in [4.69, 9.17) is 5.11 Å². The summed E-state index contributed by atoms with van der Waals surface area (Å²) in [5.74, 6) is 0. The molecule has 0 aromatic rings. The summed E-state index contributed by atoms with van der Waals surface area (Å²) in [5, 5.41) is 28.3. The zero-order chi connectivity index (χ0) is 12.8. The number of aliphatic hydroxyl groups excluding tert-OH is 2. The fourth-order valence-corrected chi connectivity index (χ4v) is 1.39. The normalized spacial score (nSPS) is 17.3. The molecule has 16 heavy (non-hydrogen) atoms. The van der Waals surface area contributed by atoms with Gasteiger partial charge < -0.3 is 15.3 Å². The first-order chi connectivity index (χ1) is 7.23. The quantitative estimate of drug-likeness (QED) is 0.586. The second-order valence-corrected chi connectivity index (χ2v) is 5.18. The predicted octanol–water partition coefficient (Wildman–Crippen LogP) is 2.01. The van der Waals surface area contributed by atoms with Crippen LogP contribution >= 0.6 is 0 Å². The van der Waals surface area contributed by atoms with Crippen LogP contribution < -0.4 is 0 Å². The Morgan fingerprint density at radius 2 is 1.81 bits per heavy atom. The van der Waals surface area contributed by atoms with Crippen LogP contribution in [0.5, 0.6) is 0 Å². The molecule has 0 radical (unpaired) electrons. The summed E-state index contributed by atoms with van der Waals surface area (Å²) in [4.78, 5) is 0. The van der Waals surface area contributed by atoms with Gasteiger partial charge in [-0.2, -0.15) is 0 Å². The zero-order valence-electron chi connectivity index (χ0n) is 10.9. The number of rotatable bonds is 7. The highest BCUT2D eigenvalue weighted by atomic mass is 16.3. The fraction of sp³-hybridized carbons (Fsp3) is 0.846. The minimum Gasteiger partial charge on any atom is -0.393 e. The van der Waals surface area contributed by atoms with Crippen LogP contribution in [-0.2, 0) is 0 Å². The SMILES string of the molecule is C/C(=C/CCC(C)O)CCC(O)C(C)(C)O. The second-order valence-electron chi connectivity index (χ2n) is 5.18. The first kappa shape index (κ1) is 15.6. The molecule has 0 spiro atoms. The van der Waals surface area contributed by atoms with E-state index in [1.807, 2.05) is 6.92 Å². The minimum absolute atomic E-state index is 0.258. The molecule has 0 saturated heterocycles. The van der Waals surface area contributed by atoms with Gasteiger partial charge >= 0.3 is 0 Å². The summed E-state index contributed by atoms with van der Waals surface area (Å²) in [6.45, 7) is 7.02. The van der Waals surface area contributed by atoms with Crippen LogP contribution in [-0.4, -0.2) is 33.1 Å². The molecule has 0 aliphatic carbocycles. The van der Waals surface area contributed by atoms with Crippen molar-refractivity contribution in [1.82, 2.24) is 0 Å². The highest BCUT2D eigenvalue weighted by Crippen LogP contribution is 2.17. The maximum Gasteiger partial charge on any atom is 0.0849 e. The summed E-state index contributed by atoms with van der Waals surface area (Å²) in [6, 6.07) is 0. The summed E-state index contributed by atoms with van der Waals surface area (Å²) in [6.07, 6.45) is 4.13. The van der Waals surface area contributed by atoms with Crippen molar-refractivity contribution in [2.24, 2.45) is 0 Å². The van der Waals surface area contributed by atoms with Crippen LogP contribution in [0.2, 0.25) is 0 Å². The fourth-order valence-electron chi connectivity index (χ4n) is 1.39. The van der Waals surface area contributed by atoms with Gasteiger partial charge in [0.1, 0.15) is 0 Å². The first-order valence-corrected chi connectivity index (χ1v) is 5.97. The highest BCUT2D eigenvalue weighted by Gasteiger charge is 2.23. The molecule has 0 aliphatic rings. The third-order valence-electron chi connectivity index (χ3n) is 2.70. The molecule has 0 amide bonds. The van der Waals surface area contributed by atoms with E-state index in [-0.39, 0.29) is 6.10 Å². The van der Waals surface area contributed by atoms with Crippen molar-refractivity contribution in [2.75, 3.05) is 0 Å². The topological polar surface area (TPSA) is 60.7 Å². The lowest BCUT2D eigenvalue weighted by Crippen LogP contribution is -2.35. The van der Waals surface area contributed by atoms with Gasteiger partial charge in [0.15, 0.2) is 0 Å². The Balaban J connectivity index is 3.84. The zero-order valence-corrected chi connectivity index (χ0v) is 10.9. The average molecular weight is 230 g/mol. The van der Waals surface area contributed by atoms with E-state index in [9.17, 15) is 10.2 Å². The van der Waals surface area contributed by atoms with Crippen molar-refractivity contribution in [3.05, 3.63) is 11.6 Å². The van der Waals surface area contributed by atoms with E-state index in [0.29, 0.717) is 6.42 Å². The summed E-state index contributed by atoms with van der Waals surface area (Å²) in [7, 11) is 0. The van der Waals surface area contributed by atoms with Gasteiger partial charge in [-0.25, -0.2) is 0 Å². The van der Waals surface area contributed by atoms with E-state index in [1.54, 1.807) is 20.8 Å². The molecule has 2 atom stereocenters. The number of hydrogen-bond acceptors (Lipinski definition) is 3. The lowest BCUT2D eigenvalue weighted by Gasteiger charge is -2.24. The highest BCUT2D eigenvalue weighted by molar-refractivity contribution is 4.99. The van der Waals surface area contributed by atoms with E-state index >= 15 is 0 Å². The lowest BCUT2D eigenvalue weighted by atomic mass is 9.95. The third-order valence-corrected chi connectivity index (χ3v) is 2.70. The molecule has 0 aromatic carbocycles. The molecular weight excluding hydrogens is 204 g/mol. The average Bonchev–Trinajstić information content (AvgIpc) is 2.11. The Hall–Kier alpha value is -0.380. The van der Waals surface area contributed by atoms with Crippen LogP contribution in [0.4, 0.5) is 0 Å². The van der Waals surface area contributed by atoms with Gasteiger partial charge in [-0.05, 0) is 53.4 Å². The Morgan fingerprint density at radius 1 is 1.25 bits per heavy atom. The first-order valence-electron chi connectivity index (χ1n) is 5.97. The lowest BCUT2D eigenvalue weighted by molar-refractivity contribution is -0.0509. The summed E-state index contributed by atoms with van der Waals surface area (Å²) >= 11 is 0. The van der Waals surface area contributed by atoms with Gasteiger partial charge in [0.25, 0.3) is 0 Å². The molecule has 0 heterocycles. The predicted molar refractivity (Wildman–Crippen MR) is 66.2 cm³/mol. The molecule has 0 fully saturated rings. The van der Waals surface area contributed by atoms with Gasteiger partial charge in [-0.1, -0.05) is 11.6 Å². The molecule has 3 nitrogen and oxygen atoms in total. The van der Waals surface area contributed by atoms with Crippen LogP contribution in [0.1, 0.15) is 53.4 Å².